The average molecular weight is 293 g/mol. The van der Waals surface area contributed by atoms with Gasteiger partial charge in [-0.05, 0) is 43.0 Å². The maximum absolute atomic E-state index is 2.63. The molecule has 116 valence electrons. The zero-order chi connectivity index (χ0) is 15.4. The van der Waals surface area contributed by atoms with Crippen LogP contribution >= 0.6 is 0 Å². The molecule has 0 aromatic heterocycles. The smallest absolute Gasteiger partial charge is 0.0227 e. The summed E-state index contributed by atoms with van der Waals surface area (Å²) >= 11 is 0. The second kappa shape index (κ2) is 6.66. The minimum Gasteiger partial charge on any atom is -0.303 e. The summed E-state index contributed by atoms with van der Waals surface area (Å²) in [5.41, 5.74) is 3.14. The van der Waals surface area contributed by atoms with Crippen LogP contribution in [0.2, 0.25) is 0 Å². The van der Waals surface area contributed by atoms with E-state index in [2.05, 4.69) is 79.4 Å². The Morgan fingerprint density at radius 2 is 1.27 bits per heavy atom. The number of hydrogen-bond donors (Lipinski definition) is 0. The second-order valence-corrected chi connectivity index (χ2v) is 7.01. The Morgan fingerprint density at radius 3 is 1.68 bits per heavy atom. The lowest BCUT2D eigenvalue weighted by Crippen LogP contribution is -2.44. The van der Waals surface area contributed by atoms with Crippen LogP contribution in [0.15, 0.2) is 60.7 Å². The van der Waals surface area contributed by atoms with Crippen molar-refractivity contribution in [2.45, 2.75) is 32.1 Å². The van der Waals surface area contributed by atoms with Crippen LogP contribution in [0.25, 0.3) is 0 Å². The lowest BCUT2D eigenvalue weighted by molar-refractivity contribution is 0.163. The summed E-state index contributed by atoms with van der Waals surface area (Å²) in [6.07, 6.45) is 2.43. The van der Waals surface area contributed by atoms with E-state index < -0.39 is 0 Å². The maximum Gasteiger partial charge on any atom is 0.0227 e. The molecule has 2 aromatic carbocycles. The number of piperidine rings is 1. The predicted octanol–water partition coefficient (Wildman–Crippen LogP) is 4.72. The highest BCUT2D eigenvalue weighted by atomic mass is 15.1. The van der Waals surface area contributed by atoms with E-state index in [0.717, 1.165) is 5.92 Å². The first-order valence-electron chi connectivity index (χ1n) is 8.54. The molecule has 1 nitrogen and oxygen atoms in total. The van der Waals surface area contributed by atoms with E-state index in [1.807, 2.05) is 0 Å². The minimum atomic E-state index is 0.190. The third-order valence-electron chi connectivity index (χ3n) is 4.99. The molecule has 1 aliphatic heterocycles. The van der Waals surface area contributed by atoms with Gasteiger partial charge in [0.2, 0.25) is 0 Å². The van der Waals surface area contributed by atoms with Crippen LogP contribution in [0.5, 0.6) is 0 Å². The Kier molecular flexibility index (Phi) is 4.63. The summed E-state index contributed by atoms with van der Waals surface area (Å²) in [7, 11) is 0. The molecule has 0 N–H and O–H groups in total. The van der Waals surface area contributed by atoms with Gasteiger partial charge in [-0.2, -0.15) is 0 Å². The van der Waals surface area contributed by atoms with Gasteiger partial charge < -0.3 is 4.90 Å². The number of benzene rings is 2. The molecule has 3 rings (SSSR count). The molecular weight excluding hydrogens is 266 g/mol. The van der Waals surface area contributed by atoms with Gasteiger partial charge in [-0.3, -0.25) is 0 Å². The standard InChI is InChI=1S/C21H27N/c1-18(2)17-22-15-13-21(14-16-22,19-9-5-3-6-10-19)20-11-7-4-8-12-20/h3-12,18H,13-17H2,1-2H3. The van der Waals surface area contributed by atoms with Crippen LogP contribution < -0.4 is 0 Å². The molecule has 2 aromatic rings. The van der Waals surface area contributed by atoms with Crippen LogP contribution in [0.1, 0.15) is 37.8 Å². The first kappa shape index (κ1) is 15.3. The van der Waals surface area contributed by atoms with Crippen molar-refractivity contribution < 1.29 is 0 Å². The zero-order valence-electron chi connectivity index (χ0n) is 13.8. The molecular formula is C21H27N. The maximum atomic E-state index is 2.63. The van der Waals surface area contributed by atoms with E-state index in [4.69, 9.17) is 0 Å². The second-order valence-electron chi connectivity index (χ2n) is 7.01. The van der Waals surface area contributed by atoms with Gasteiger partial charge in [0.05, 0.1) is 0 Å². The van der Waals surface area contributed by atoms with Crippen molar-refractivity contribution in [1.82, 2.24) is 4.90 Å². The average Bonchev–Trinajstić information content (AvgIpc) is 2.57. The Balaban J connectivity index is 1.90. The minimum absolute atomic E-state index is 0.190. The van der Waals surface area contributed by atoms with Crippen LogP contribution in [-0.2, 0) is 5.41 Å². The zero-order valence-corrected chi connectivity index (χ0v) is 13.8. The summed E-state index contributed by atoms with van der Waals surface area (Å²) in [5, 5.41) is 0. The largest absolute Gasteiger partial charge is 0.303 e. The van der Waals surface area contributed by atoms with Gasteiger partial charge in [-0.1, -0.05) is 74.5 Å². The molecule has 1 aliphatic rings. The quantitative estimate of drug-likeness (QED) is 0.788. The van der Waals surface area contributed by atoms with Gasteiger partial charge in [0.1, 0.15) is 0 Å². The van der Waals surface area contributed by atoms with Crippen LogP contribution in [-0.4, -0.2) is 24.5 Å². The molecule has 1 heterocycles. The lowest BCUT2D eigenvalue weighted by Gasteiger charge is -2.43. The molecule has 1 saturated heterocycles. The van der Waals surface area contributed by atoms with Gasteiger partial charge in [0.25, 0.3) is 0 Å². The van der Waals surface area contributed by atoms with Gasteiger partial charge in [-0.25, -0.2) is 0 Å². The Labute approximate surface area is 135 Å². The van der Waals surface area contributed by atoms with Crippen molar-refractivity contribution in [3.05, 3.63) is 71.8 Å². The summed E-state index contributed by atoms with van der Waals surface area (Å²) in [6.45, 7) is 8.25. The van der Waals surface area contributed by atoms with Crippen LogP contribution in [0, 0.1) is 5.92 Å². The molecule has 0 aliphatic carbocycles. The Bertz CT molecular complexity index is 524. The monoisotopic (exact) mass is 293 g/mol. The third-order valence-corrected chi connectivity index (χ3v) is 4.99. The highest BCUT2D eigenvalue weighted by Crippen LogP contribution is 2.41. The normalized spacial score (nSPS) is 18.5. The van der Waals surface area contributed by atoms with E-state index in [1.54, 1.807) is 0 Å². The summed E-state index contributed by atoms with van der Waals surface area (Å²) < 4.78 is 0. The van der Waals surface area contributed by atoms with Crippen molar-refractivity contribution >= 4 is 0 Å². The predicted molar refractivity (Wildman–Crippen MR) is 94.2 cm³/mol. The number of likely N-dealkylation sites (tertiary alicyclic amines) is 1. The fourth-order valence-electron chi connectivity index (χ4n) is 3.89. The molecule has 0 bridgehead atoms. The van der Waals surface area contributed by atoms with E-state index in [0.29, 0.717) is 0 Å². The molecule has 1 heteroatoms. The molecule has 0 spiro atoms. The van der Waals surface area contributed by atoms with Crippen molar-refractivity contribution in [2.24, 2.45) is 5.92 Å². The summed E-state index contributed by atoms with van der Waals surface area (Å²) in [5.74, 6) is 0.751. The topological polar surface area (TPSA) is 3.24 Å². The summed E-state index contributed by atoms with van der Waals surface area (Å²) in [4.78, 5) is 2.63. The molecule has 22 heavy (non-hydrogen) atoms. The van der Waals surface area contributed by atoms with Gasteiger partial charge in [0.15, 0.2) is 0 Å². The van der Waals surface area contributed by atoms with E-state index in [9.17, 15) is 0 Å². The Hall–Kier alpha value is -1.60. The first-order valence-corrected chi connectivity index (χ1v) is 8.54. The summed E-state index contributed by atoms with van der Waals surface area (Å²) in [6, 6.07) is 22.2. The third kappa shape index (κ3) is 3.10. The van der Waals surface area contributed by atoms with Crippen molar-refractivity contribution in [2.75, 3.05) is 19.6 Å². The van der Waals surface area contributed by atoms with Gasteiger partial charge in [0, 0.05) is 12.0 Å². The lowest BCUT2D eigenvalue weighted by atomic mass is 9.68. The molecule has 0 atom stereocenters. The van der Waals surface area contributed by atoms with E-state index >= 15 is 0 Å². The fourth-order valence-corrected chi connectivity index (χ4v) is 3.89. The van der Waals surface area contributed by atoms with E-state index in [1.165, 1.54) is 43.6 Å². The van der Waals surface area contributed by atoms with Crippen LogP contribution in [0.4, 0.5) is 0 Å². The molecule has 0 amide bonds. The van der Waals surface area contributed by atoms with Crippen molar-refractivity contribution in [1.29, 1.82) is 0 Å². The number of nitrogens with zero attached hydrogens (tertiary/aromatic N) is 1. The van der Waals surface area contributed by atoms with Crippen molar-refractivity contribution in [3.8, 4) is 0 Å². The highest BCUT2D eigenvalue weighted by Gasteiger charge is 2.37. The first-order chi connectivity index (χ1) is 10.7. The van der Waals surface area contributed by atoms with Crippen molar-refractivity contribution in [3.63, 3.8) is 0 Å². The number of hydrogen-bond acceptors (Lipinski definition) is 1. The SMILES string of the molecule is CC(C)CN1CCC(c2ccccc2)(c2ccccc2)CC1. The van der Waals surface area contributed by atoms with Gasteiger partial charge in [-0.15, -0.1) is 0 Å². The molecule has 0 saturated carbocycles. The Morgan fingerprint density at radius 1 is 0.818 bits per heavy atom. The highest BCUT2D eigenvalue weighted by molar-refractivity contribution is 5.40. The van der Waals surface area contributed by atoms with Crippen LogP contribution in [0.3, 0.4) is 0 Å². The van der Waals surface area contributed by atoms with E-state index in [-0.39, 0.29) is 5.41 Å². The molecule has 1 fully saturated rings. The fraction of sp³-hybridized carbons (Fsp3) is 0.429. The molecule has 0 radical (unpaired) electrons. The number of rotatable bonds is 4. The van der Waals surface area contributed by atoms with Gasteiger partial charge >= 0.3 is 0 Å². The molecule has 0 unspecified atom stereocenters.